The van der Waals surface area contributed by atoms with Gasteiger partial charge >= 0.3 is 0 Å². The fourth-order valence-electron chi connectivity index (χ4n) is 2.07. The van der Waals surface area contributed by atoms with Crippen molar-refractivity contribution >= 4 is 22.4 Å². The number of nitrogens with zero attached hydrogens (tertiary/aromatic N) is 3. The van der Waals surface area contributed by atoms with Crippen molar-refractivity contribution < 1.29 is 23.1 Å². The zero-order chi connectivity index (χ0) is 18.0. The van der Waals surface area contributed by atoms with Crippen molar-refractivity contribution in [1.29, 1.82) is 0 Å². The Hall–Kier alpha value is -2.72. The summed E-state index contributed by atoms with van der Waals surface area (Å²) in [5.41, 5.74) is 0.697. The molecular formula is C15H11F3N4O2S. The minimum Gasteiger partial charge on any atom is -0.390 e. The molecular weight excluding hydrogens is 357 g/mol. The van der Waals surface area contributed by atoms with Crippen LogP contribution in [0.25, 0.3) is 0 Å². The molecule has 0 saturated carbocycles. The van der Waals surface area contributed by atoms with E-state index in [-0.39, 0.29) is 24.4 Å². The number of aliphatic hydroxyl groups is 1. The summed E-state index contributed by atoms with van der Waals surface area (Å²) in [5.74, 6) is -4.61. The molecule has 6 nitrogen and oxygen atoms in total. The second-order valence-corrected chi connectivity index (χ2v) is 5.92. The molecule has 0 unspecified atom stereocenters. The van der Waals surface area contributed by atoms with Gasteiger partial charge in [-0.2, -0.15) is 0 Å². The number of nitrogens with one attached hydrogen (secondary N) is 1. The number of anilines is 1. The van der Waals surface area contributed by atoms with Gasteiger partial charge in [-0.25, -0.2) is 23.1 Å². The van der Waals surface area contributed by atoms with E-state index in [1.165, 1.54) is 17.1 Å². The SMILES string of the molecule is O=C(Nc1nc(CO)cs1)c1cn(Cc2cc(F)c(F)c(F)c2)cn1. The fourth-order valence-corrected chi connectivity index (χ4v) is 2.77. The van der Waals surface area contributed by atoms with Gasteiger partial charge in [0.15, 0.2) is 22.6 Å². The smallest absolute Gasteiger partial charge is 0.277 e. The Morgan fingerprint density at radius 3 is 2.64 bits per heavy atom. The molecule has 25 heavy (non-hydrogen) atoms. The first kappa shape index (κ1) is 17.1. The predicted molar refractivity (Wildman–Crippen MR) is 83.6 cm³/mol. The average molecular weight is 368 g/mol. The topological polar surface area (TPSA) is 80.0 Å². The average Bonchev–Trinajstić information content (AvgIpc) is 3.22. The third-order valence-electron chi connectivity index (χ3n) is 3.21. The Labute approximate surface area is 143 Å². The molecule has 2 aromatic heterocycles. The molecule has 0 aliphatic heterocycles. The van der Waals surface area contributed by atoms with Gasteiger partial charge in [-0.05, 0) is 17.7 Å². The highest BCUT2D eigenvalue weighted by atomic mass is 32.1. The van der Waals surface area contributed by atoms with E-state index in [9.17, 15) is 18.0 Å². The summed E-state index contributed by atoms with van der Waals surface area (Å²) in [7, 11) is 0. The number of hydrogen-bond acceptors (Lipinski definition) is 5. The Bertz CT molecular complexity index is 902. The van der Waals surface area contributed by atoms with Crippen molar-refractivity contribution in [3.8, 4) is 0 Å². The molecule has 0 saturated heterocycles. The van der Waals surface area contributed by atoms with Gasteiger partial charge in [-0.15, -0.1) is 11.3 Å². The monoisotopic (exact) mass is 368 g/mol. The first-order chi connectivity index (χ1) is 12.0. The van der Waals surface area contributed by atoms with E-state index in [4.69, 9.17) is 5.11 Å². The molecule has 1 aromatic carbocycles. The summed E-state index contributed by atoms with van der Waals surface area (Å²) in [6, 6.07) is 1.76. The van der Waals surface area contributed by atoms with Crippen LogP contribution in [0.5, 0.6) is 0 Å². The maximum Gasteiger partial charge on any atom is 0.277 e. The van der Waals surface area contributed by atoms with Gasteiger partial charge in [-0.1, -0.05) is 0 Å². The van der Waals surface area contributed by atoms with Gasteiger partial charge in [0.2, 0.25) is 0 Å². The summed E-state index contributed by atoms with van der Waals surface area (Å²) >= 11 is 1.15. The lowest BCUT2D eigenvalue weighted by molar-refractivity contribution is 0.102. The number of thiazole rings is 1. The third-order valence-corrected chi connectivity index (χ3v) is 4.02. The van der Waals surface area contributed by atoms with E-state index in [0.717, 1.165) is 23.5 Å². The fraction of sp³-hybridized carbons (Fsp3) is 0.133. The molecule has 0 atom stereocenters. The lowest BCUT2D eigenvalue weighted by Gasteiger charge is -2.04. The number of carbonyl (C=O) groups excluding carboxylic acids is 1. The van der Waals surface area contributed by atoms with Gasteiger partial charge < -0.3 is 9.67 Å². The number of halogens is 3. The van der Waals surface area contributed by atoms with Gasteiger partial charge in [0.1, 0.15) is 5.69 Å². The predicted octanol–water partition coefficient (Wildman–Crippen LogP) is 2.55. The lowest BCUT2D eigenvalue weighted by atomic mass is 10.2. The quantitative estimate of drug-likeness (QED) is 0.679. The summed E-state index contributed by atoms with van der Waals surface area (Å²) in [4.78, 5) is 20.0. The van der Waals surface area contributed by atoms with Crippen molar-refractivity contribution in [2.45, 2.75) is 13.2 Å². The van der Waals surface area contributed by atoms with Crippen molar-refractivity contribution in [1.82, 2.24) is 14.5 Å². The maximum atomic E-state index is 13.2. The van der Waals surface area contributed by atoms with Gasteiger partial charge in [0.05, 0.1) is 18.6 Å². The highest BCUT2D eigenvalue weighted by molar-refractivity contribution is 7.13. The third kappa shape index (κ3) is 3.86. The number of hydrogen-bond donors (Lipinski definition) is 2. The van der Waals surface area contributed by atoms with Crippen LogP contribution in [0.1, 0.15) is 21.7 Å². The molecule has 0 aliphatic rings. The highest BCUT2D eigenvalue weighted by Crippen LogP contribution is 2.17. The molecule has 2 heterocycles. The lowest BCUT2D eigenvalue weighted by Crippen LogP contribution is -2.12. The van der Waals surface area contributed by atoms with E-state index < -0.39 is 23.4 Å². The van der Waals surface area contributed by atoms with Crippen molar-refractivity contribution in [3.05, 3.63) is 64.4 Å². The number of rotatable bonds is 5. The number of imidazole rings is 1. The van der Waals surface area contributed by atoms with Gasteiger partial charge in [-0.3, -0.25) is 10.1 Å². The van der Waals surface area contributed by atoms with E-state index in [2.05, 4.69) is 15.3 Å². The highest BCUT2D eigenvalue weighted by Gasteiger charge is 2.14. The number of carbonyl (C=O) groups is 1. The number of amides is 1. The Balaban J connectivity index is 1.70. The first-order valence-corrected chi connectivity index (χ1v) is 7.86. The Morgan fingerprint density at radius 2 is 2.00 bits per heavy atom. The molecule has 0 aliphatic carbocycles. The molecule has 10 heteroatoms. The largest absolute Gasteiger partial charge is 0.390 e. The Morgan fingerprint density at radius 1 is 1.28 bits per heavy atom. The number of aromatic nitrogens is 3. The molecule has 1 amide bonds. The van der Waals surface area contributed by atoms with Crippen LogP contribution >= 0.6 is 11.3 Å². The summed E-state index contributed by atoms with van der Waals surface area (Å²) < 4.78 is 40.8. The van der Waals surface area contributed by atoms with E-state index >= 15 is 0 Å². The van der Waals surface area contributed by atoms with Crippen LogP contribution in [0, 0.1) is 17.5 Å². The van der Waals surface area contributed by atoms with Crippen LogP contribution in [-0.2, 0) is 13.2 Å². The molecule has 3 aromatic rings. The van der Waals surface area contributed by atoms with Crippen LogP contribution in [0.3, 0.4) is 0 Å². The number of aliphatic hydroxyl groups excluding tert-OH is 1. The van der Waals surface area contributed by atoms with Crippen LogP contribution in [-0.4, -0.2) is 25.5 Å². The van der Waals surface area contributed by atoms with Crippen molar-refractivity contribution in [3.63, 3.8) is 0 Å². The van der Waals surface area contributed by atoms with Crippen LogP contribution in [0.15, 0.2) is 30.0 Å². The summed E-state index contributed by atoms with van der Waals surface area (Å²) in [6.45, 7) is -0.216. The molecule has 130 valence electrons. The maximum absolute atomic E-state index is 13.2. The molecule has 0 spiro atoms. The van der Waals surface area contributed by atoms with Crippen LogP contribution in [0.4, 0.5) is 18.3 Å². The standard InChI is InChI=1S/C15H11F3N4O2S/c16-10-1-8(2-11(17)13(10)18)3-22-4-12(19-7-22)14(24)21-15-20-9(5-23)6-25-15/h1-2,4,6-7,23H,3,5H2,(H,20,21,24). The molecule has 0 bridgehead atoms. The normalized spacial score (nSPS) is 10.9. The van der Waals surface area contributed by atoms with E-state index in [1.54, 1.807) is 5.38 Å². The van der Waals surface area contributed by atoms with Crippen molar-refractivity contribution in [2.24, 2.45) is 0 Å². The van der Waals surface area contributed by atoms with E-state index in [1.807, 2.05) is 0 Å². The van der Waals surface area contributed by atoms with Crippen LogP contribution < -0.4 is 5.32 Å². The molecule has 3 rings (SSSR count). The van der Waals surface area contributed by atoms with Crippen molar-refractivity contribution in [2.75, 3.05) is 5.32 Å². The zero-order valence-electron chi connectivity index (χ0n) is 12.5. The molecule has 0 fully saturated rings. The second kappa shape index (κ2) is 7.03. The van der Waals surface area contributed by atoms with E-state index in [0.29, 0.717) is 10.8 Å². The minimum absolute atomic E-state index is 0.0142. The van der Waals surface area contributed by atoms with Gasteiger partial charge in [0.25, 0.3) is 5.91 Å². The first-order valence-electron chi connectivity index (χ1n) is 6.98. The van der Waals surface area contributed by atoms with Crippen LogP contribution in [0.2, 0.25) is 0 Å². The van der Waals surface area contributed by atoms with Gasteiger partial charge in [0, 0.05) is 18.1 Å². The Kier molecular flexibility index (Phi) is 4.81. The molecule has 2 N–H and O–H groups in total. The molecule has 0 radical (unpaired) electrons. The second-order valence-electron chi connectivity index (χ2n) is 5.06. The number of benzene rings is 1. The minimum atomic E-state index is -1.53. The summed E-state index contributed by atoms with van der Waals surface area (Å²) in [6.07, 6.45) is 2.70. The zero-order valence-corrected chi connectivity index (χ0v) is 13.4. The summed E-state index contributed by atoms with van der Waals surface area (Å²) in [5, 5.41) is 13.4.